The molecular formula is C11H13ClO2S. The van der Waals surface area contributed by atoms with Crippen LogP contribution in [0.25, 0.3) is 0 Å². The van der Waals surface area contributed by atoms with Crippen LogP contribution < -0.4 is 0 Å². The summed E-state index contributed by atoms with van der Waals surface area (Å²) in [5.41, 5.74) is 0. The van der Waals surface area contributed by atoms with Crippen molar-refractivity contribution in [3.8, 4) is 0 Å². The minimum Gasteiger partial charge on any atom is -0.469 e. The van der Waals surface area contributed by atoms with Crippen molar-refractivity contribution in [3.05, 3.63) is 30.3 Å². The van der Waals surface area contributed by atoms with E-state index in [9.17, 15) is 4.79 Å². The lowest BCUT2D eigenvalue weighted by molar-refractivity contribution is -0.144. The molecule has 0 radical (unpaired) electrons. The molecule has 0 saturated carbocycles. The number of hydrogen-bond donors (Lipinski definition) is 0. The number of rotatable bonds is 4. The highest BCUT2D eigenvalue weighted by molar-refractivity contribution is 8.01. The number of thioether (sulfide) groups is 1. The number of methoxy groups -OCH3 is 1. The fourth-order valence-electron chi connectivity index (χ4n) is 1.02. The number of halogens is 1. The summed E-state index contributed by atoms with van der Waals surface area (Å²) in [7, 11) is 1.37. The Morgan fingerprint density at radius 2 is 2.00 bits per heavy atom. The Bertz CT molecular complexity index is 316. The van der Waals surface area contributed by atoms with E-state index in [1.54, 1.807) is 6.92 Å². The molecule has 0 aliphatic heterocycles. The van der Waals surface area contributed by atoms with Gasteiger partial charge in [-0.2, -0.15) is 0 Å². The molecule has 0 heterocycles. The van der Waals surface area contributed by atoms with Gasteiger partial charge in [0.2, 0.25) is 0 Å². The number of benzene rings is 1. The Kier molecular flexibility index (Phi) is 4.99. The SMILES string of the molecule is COC(=O)[C@@H](C)[C@@H](Cl)Sc1ccccc1. The van der Waals surface area contributed by atoms with Gasteiger partial charge in [0.1, 0.15) is 0 Å². The van der Waals surface area contributed by atoms with Gasteiger partial charge in [0.05, 0.1) is 17.7 Å². The zero-order chi connectivity index (χ0) is 11.3. The van der Waals surface area contributed by atoms with Crippen molar-refractivity contribution >= 4 is 29.3 Å². The van der Waals surface area contributed by atoms with Crippen LogP contribution in [0.1, 0.15) is 6.92 Å². The van der Waals surface area contributed by atoms with Gasteiger partial charge >= 0.3 is 5.97 Å². The zero-order valence-electron chi connectivity index (χ0n) is 8.64. The second kappa shape index (κ2) is 6.03. The monoisotopic (exact) mass is 244 g/mol. The van der Waals surface area contributed by atoms with Crippen molar-refractivity contribution in [1.29, 1.82) is 0 Å². The Labute approximate surface area is 99.0 Å². The van der Waals surface area contributed by atoms with Crippen molar-refractivity contribution in [3.63, 3.8) is 0 Å². The van der Waals surface area contributed by atoms with E-state index in [4.69, 9.17) is 11.6 Å². The second-order valence-corrected chi connectivity index (χ2v) is 5.04. The van der Waals surface area contributed by atoms with Crippen LogP contribution in [-0.2, 0) is 9.53 Å². The Morgan fingerprint density at radius 1 is 1.40 bits per heavy atom. The maximum Gasteiger partial charge on any atom is 0.310 e. The van der Waals surface area contributed by atoms with Crippen molar-refractivity contribution in [2.75, 3.05) is 7.11 Å². The maximum absolute atomic E-state index is 11.2. The molecule has 1 aromatic carbocycles. The van der Waals surface area contributed by atoms with E-state index in [1.165, 1.54) is 18.9 Å². The van der Waals surface area contributed by atoms with Gasteiger partial charge in [-0.1, -0.05) is 18.2 Å². The first-order chi connectivity index (χ1) is 7.15. The minimum absolute atomic E-state index is 0.279. The van der Waals surface area contributed by atoms with Crippen molar-refractivity contribution in [2.24, 2.45) is 5.92 Å². The summed E-state index contributed by atoms with van der Waals surface area (Å²) < 4.78 is 4.33. The topological polar surface area (TPSA) is 26.3 Å². The molecule has 4 heteroatoms. The molecule has 2 nitrogen and oxygen atoms in total. The molecule has 0 bridgehead atoms. The van der Waals surface area contributed by atoms with Crippen LogP contribution in [0.2, 0.25) is 0 Å². The van der Waals surface area contributed by atoms with Crippen LogP contribution >= 0.6 is 23.4 Å². The van der Waals surface area contributed by atoms with Crippen LogP contribution in [0.5, 0.6) is 0 Å². The standard InChI is InChI=1S/C11H13ClO2S/c1-8(11(13)14-2)10(12)15-9-6-4-3-5-7-9/h3-8,10H,1-2H3/t8-,10-/m0/s1. The van der Waals surface area contributed by atoms with Crippen molar-refractivity contribution in [2.45, 2.75) is 16.5 Å². The number of hydrogen-bond acceptors (Lipinski definition) is 3. The Balaban J connectivity index is 2.56. The molecule has 0 spiro atoms. The third-order valence-corrected chi connectivity index (χ3v) is 3.78. The predicted molar refractivity (Wildman–Crippen MR) is 63.1 cm³/mol. The third kappa shape index (κ3) is 3.76. The normalized spacial score (nSPS) is 14.3. The smallest absolute Gasteiger partial charge is 0.310 e. The summed E-state index contributed by atoms with van der Waals surface area (Å²) in [5.74, 6) is -0.597. The van der Waals surface area contributed by atoms with E-state index in [0.29, 0.717) is 0 Å². The summed E-state index contributed by atoms with van der Waals surface area (Å²) in [6.07, 6.45) is 0. The Hall–Kier alpha value is -0.670. The summed E-state index contributed by atoms with van der Waals surface area (Å²) >= 11 is 7.56. The van der Waals surface area contributed by atoms with Crippen LogP contribution in [0, 0.1) is 5.92 Å². The predicted octanol–water partition coefficient (Wildman–Crippen LogP) is 3.15. The van der Waals surface area contributed by atoms with Gasteiger partial charge < -0.3 is 4.74 Å². The average molecular weight is 245 g/mol. The van der Waals surface area contributed by atoms with Gasteiger partial charge in [-0.3, -0.25) is 4.79 Å². The van der Waals surface area contributed by atoms with Gasteiger partial charge in [0.15, 0.2) is 0 Å². The molecule has 0 unspecified atom stereocenters. The molecule has 82 valence electrons. The largest absolute Gasteiger partial charge is 0.469 e. The summed E-state index contributed by atoms with van der Waals surface area (Å²) in [4.78, 5) is 12.3. The summed E-state index contributed by atoms with van der Waals surface area (Å²) in [6.45, 7) is 1.76. The zero-order valence-corrected chi connectivity index (χ0v) is 10.2. The van der Waals surface area contributed by atoms with Gasteiger partial charge in [-0.25, -0.2) is 0 Å². The van der Waals surface area contributed by atoms with E-state index in [0.717, 1.165) is 4.90 Å². The van der Waals surface area contributed by atoms with E-state index in [-0.39, 0.29) is 16.6 Å². The molecule has 2 atom stereocenters. The molecule has 15 heavy (non-hydrogen) atoms. The maximum atomic E-state index is 11.2. The first kappa shape index (κ1) is 12.4. The van der Waals surface area contributed by atoms with E-state index < -0.39 is 0 Å². The molecule has 0 aromatic heterocycles. The second-order valence-electron chi connectivity index (χ2n) is 3.09. The van der Waals surface area contributed by atoms with Gasteiger partial charge in [-0.15, -0.1) is 23.4 Å². The fourth-order valence-corrected chi connectivity index (χ4v) is 2.32. The average Bonchev–Trinajstić information content (AvgIpc) is 2.28. The molecule has 0 aliphatic rings. The van der Waals surface area contributed by atoms with Crippen LogP contribution in [0.15, 0.2) is 35.2 Å². The van der Waals surface area contributed by atoms with Crippen molar-refractivity contribution in [1.82, 2.24) is 0 Å². The Morgan fingerprint density at radius 3 is 2.53 bits per heavy atom. The lowest BCUT2D eigenvalue weighted by Gasteiger charge is -2.14. The first-order valence-electron chi connectivity index (χ1n) is 4.58. The first-order valence-corrected chi connectivity index (χ1v) is 5.90. The summed E-state index contributed by atoms with van der Waals surface area (Å²) in [5, 5.41) is 0. The summed E-state index contributed by atoms with van der Waals surface area (Å²) in [6, 6.07) is 9.74. The highest BCUT2D eigenvalue weighted by atomic mass is 35.5. The number of ether oxygens (including phenoxy) is 1. The molecule has 1 aromatic rings. The quantitative estimate of drug-likeness (QED) is 0.462. The van der Waals surface area contributed by atoms with Crippen LogP contribution in [-0.4, -0.2) is 17.8 Å². The number of esters is 1. The minimum atomic E-state index is -0.318. The lowest BCUT2D eigenvalue weighted by atomic mass is 10.2. The number of carbonyl (C=O) groups is 1. The molecular weight excluding hydrogens is 232 g/mol. The van der Waals surface area contributed by atoms with E-state index >= 15 is 0 Å². The molecule has 1 rings (SSSR count). The van der Waals surface area contributed by atoms with Gasteiger partial charge in [-0.05, 0) is 19.1 Å². The number of alkyl halides is 1. The number of carbonyl (C=O) groups excluding carboxylic acids is 1. The molecule has 0 N–H and O–H groups in total. The third-order valence-electron chi connectivity index (χ3n) is 1.96. The fraction of sp³-hybridized carbons (Fsp3) is 0.364. The van der Waals surface area contributed by atoms with Gasteiger partial charge in [0.25, 0.3) is 0 Å². The molecule has 0 fully saturated rings. The highest BCUT2D eigenvalue weighted by Crippen LogP contribution is 2.31. The van der Waals surface area contributed by atoms with Crippen molar-refractivity contribution < 1.29 is 9.53 Å². The van der Waals surface area contributed by atoms with E-state index in [1.807, 2.05) is 30.3 Å². The molecule has 0 aliphatic carbocycles. The molecule has 0 amide bonds. The lowest BCUT2D eigenvalue weighted by Crippen LogP contribution is -2.20. The van der Waals surface area contributed by atoms with Crippen LogP contribution in [0.3, 0.4) is 0 Å². The van der Waals surface area contributed by atoms with Gasteiger partial charge in [0, 0.05) is 4.90 Å². The van der Waals surface area contributed by atoms with Crippen LogP contribution in [0.4, 0.5) is 0 Å². The van der Waals surface area contributed by atoms with E-state index in [2.05, 4.69) is 4.74 Å². The highest BCUT2D eigenvalue weighted by Gasteiger charge is 2.23. The molecule has 0 saturated heterocycles.